The molecule has 1 aliphatic rings. The van der Waals surface area contributed by atoms with Crippen molar-refractivity contribution in [2.24, 2.45) is 0 Å². The van der Waals surface area contributed by atoms with Gasteiger partial charge in [-0.15, -0.1) is 0 Å². The van der Waals surface area contributed by atoms with Crippen molar-refractivity contribution >= 4 is 16.8 Å². The van der Waals surface area contributed by atoms with Crippen LogP contribution in [0.15, 0.2) is 42.5 Å². The normalized spacial score (nSPS) is 16.8. The molecule has 110 valence electrons. The number of hydrogen-bond acceptors (Lipinski definition) is 1. The molecule has 0 unspecified atom stereocenters. The van der Waals surface area contributed by atoms with Gasteiger partial charge in [0, 0.05) is 6.04 Å². The average Bonchev–Trinajstić information content (AvgIpc) is 2.99. The van der Waals surface area contributed by atoms with Crippen molar-refractivity contribution in [2.45, 2.75) is 44.7 Å². The van der Waals surface area contributed by atoms with Gasteiger partial charge in [-0.3, -0.25) is 0 Å². The summed E-state index contributed by atoms with van der Waals surface area (Å²) in [5.41, 5.74) is 1.13. The number of hydrogen-bond donors (Lipinski definition) is 2. The fourth-order valence-electron chi connectivity index (χ4n) is 3.05. The van der Waals surface area contributed by atoms with Gasteiger partial charge in [0.25, 0.3) is 0 Å². The number of carbonyl (C=O) groups is 1. The van der Waals surface area contributed by atoms with Crippen LogP contribution in [0.5, 0.6) is 0 Å². The lowest BCUT2D eigenvalue weighted by Crippen LogP contribution is -2.41. The number of carbonyl (C=O) groups excluding carboxylic acids is 1. The number of fused-ring (bicyclic) bond motifs is 1. The molecule has 3 heteroatoms. The molecular formula is C18H22N2O. The molecule has 1 atom stereocenters. The van der Waals surface area contributed by atoms with E-state index < -0.39 is 0 Å². The molecule has 2 amide bonds. The van der Waals surface area contributed by atoms with Crippen LogP contribution >= 0.6 is 0 Å². The second-order valence-corrected chi connectivity index (χ2v) is 5.93. The third-order valence-corrected chi connectivity index (χ3v) is 4.31. The Labute approximate surface area is 125 Å². The van der Waals surface area contributed by atoms with Crippen molar-refractivity contribution in [1.82, 2.24) is 10.6 Å². The molecular weight excluding hydrogens is 260 g/mol. The van der Waals surface area contributed by atoms with Crippen LogP contribution in [-0.4, -0.2) is 12.1 Å². The quantitative estimate of drug-likeness (QED) is 0.872. The van der Waals surface area contributed by atoms with Gasteiger partial charge in [-0.2, -0.15) is 0 Å². The number of nitrogens with one attached hydrogen (secondary N) is 2. The Hall–Kier alpha value is -2.03. The third-order valence-electron chi connectivity index (χ3n) is 4.31. The largest absolute Gasteiger partial charge is 0.335 e. The van der Waals surface area contributed by atoms with Crippen LogP contribution < -0.4 is 10.6 Å². The summed E-state index contributed by atoms with van der Waals surface area (Å²) in [5.74, 6) is 0. The molecule has 3 rings (SSSR count). The minimum Gasteiger partial charge on any atom is -0.335 e. The van der Waals surface area contributed by atoms with E-state index in [0.29, 0.717) is 6.04 Å². The molecule has 0 bridgehead atoms. The maximum absolute atomic E-state index is 12.0. The van der Waals surface area contributed by atoms with E-state index in [2.05, 4.69) is 41.0 Å². The number of urea groups is 1. The molecule has 21 heavy (non-hydrogen) atoms. The van der Waals surface area contributed by atoms with E-state index in [1.54, 1.807) is 0 Å². The fourth-order valence-corrected chi connectivity index (χ4v) is 3.05. The van der Waals surface area contributed by atoms with Gasteiger partial charge >= 0.3 is 6.03 Å². The molecule has 0 saturated heterocycles. The Bertz CT molecular complexity index is 632. The van der Waals surface area contributed by atoms with Gasteiger partial charge < -0.3 is 10.6 Å². The predicted molar refractivity (Wildman–Crippen MR) is 86.3 cm³/mol. The predicted octanol–water partition coefficient (Wildman–Crippen LogP) is 4.14. The second kappa shape index (κ2) is 6.17. The Morgan fingerprint density at radius 3 is 2.57 bits per heavy atom. The summed E-state index contributed by atoms with van der Waals surface area (Å²) in [7, 11) is 0. The highest BCUT2D eigenvalue weighted by Gasteiger charge is 2.18. The molecule has 0 aromatic heterocycles. The summed E-state index contributed by atoms with van der Waals surface area (Å²) in [6.45, 7) is 2.03. The number of rotatable bonds is 3. The average molecular weight is 282 g/mol. The highest BCUT2D eigenvalue weighted by molar-refractivity contribution is 5.83. The highest BCUT2D eigenvalue weighted by atomic mass is 16.2. The van der Waals surface area contributed by atoms with Crippen LogP contribution in [0.1, 0.15) is 44.2 Å². The first-order chi connectivity index (χ1) is 10.2. The zero-order valence-corrected chi connectivity index (χ0v) is 12.4. The van der Waals surface area contributed by atoms with E-state index in [1.165, 1.54) is 23.6 Å². The van der Waals surface area contributed by atoms with Crippen molar-refractivity contribution < 1.29 is 4.79 Å². The van der Waals surface area contributed by atoms with E-state index in [0.717, 1.165) is 18.4 Å². The smallest absolute Gasteiger partial charge is 0.315 e. The van der Waals surface area contributed by atoms with Gasteiger partial charge in [-0.05, 0) is 42.2 Å². The van der Waals surface area contributed by atoms with Gasteiger partial charge in [0.05, 0.1) is 6.04 Å². The minimum atomic E-state index is -0.0532. The van der Waals surface area contributed by atoms with Crippen molar-refractivity contribution in [2.75, 3.05) is 0 Å². The molecule has 2 aromatic carbocycles. The zero-order chi connectivity index (χ0) is 14.7. The lowest BCUT2D eigenvalue weighted by Gasteiger charge is -2.18. The molecule has 1 fully saturated rings. The molecule has 0 spiro atoms. The first kappa shape index (κ1) is 13.9. The minimum absolute atomic E-state index is 0.0102. The maximum Gasteiger partial charge on any atom is 0.315 e. The zero-order valence-electron chi connectivity index (χ0n) is 12.4. The van der Waals surface area contributed by atoms with Gasteiger partial charge in [0.15, 0.2) is 0 Å². The van der Waals surface area contributed by atoms with Crippen molar-refractivity contribution in [3.8, 4) is 0 Å². The first-order valence-corrected chi connectivity index (χ1v) is 7.78. The van der Waals surface area contributed by atoms with E-state index >= 15 is 0 Å². The van der Waals surface area contributed by atoms with Crippen LogP contribution in [0, 0.1) is 0 Å². The van der Waals surface area contributed by atoms with Gasteiger partial charge in [-0.25, -0.2) is 4.79 Å². The summed E-state index contributed by atoms with van der Waals surface area (Å²) in [5, 5.41) is 8.54. The van der Waals surface area contributed by atoms with E-state index in [9.17, 15) is 4.79 Å². The number of benzene rings is 2. The maximum atomic E-state index is 12.0. The topological polar surface area (TPSA) is 41.1 Å². The van der Waals surface area contributed by atoms with Gasteiger partial charge in [-0.1, -0.05) is 49.2 Å². The monoisotopic (exact) mass is 282 g/mol. The molecule has 1 saturated carbocycles. The Kier molecular flexibility index (Phi) is 4.09. The third kappa shape index (κ3) is 3.35. The molecule has 3 nitrogen and oxygen atoms in total. The molecule has 2 N–H and O–H groups in total. The molecule has 1 aliphatic carbocycles. The van der Waals surface area contributed by atoms with Crippen LogP contribution in [-0.2, 0) is 0 Å². The summed E-state index contributed by atoms with van der Waals surface area (Å²) in [4.78, 5) is 12.0. The standard InChI is InChI=1S/C18H22N2O/c1-13(19-18(21)20-17-8-4-5-9-17)15-11-10-14-6-2-3-7-16(14)12-15/h2-3,6-7,10-13,17H,4-5,8-9H2,1H3,(H2,19,20,21)/t13-/m0/s1. The lowest BCUT2D eigenvalue weighted by atomic mass is 10.0. The SMILES string of the molecule is C[C@H](NC(=O)NC1CCCC1)c1ccc2ccccc2c1. The Morgan fingerprint density at radius 1 is 1.10 bits per heavy atom. The van der Waals surface area contributed by atoms with Crippen molar-refractivity contribution in [3.05, 3.63) is 48.0 Å². The summed E-state index contributed by atoms with van der Waals surface area (Å²) < 4.78 is 0. The van der Waals surface area contributed by atoms with E-state index in [4.69, 9.17) is 0 Å². The lowest BCUT2D eigenvalue weighted by molar-refractivity contribution is 0.234. The van der Waals surface area contributed by atoms with Gasteiger partial charge in [0.1, 0.15) is 0 Å². The molecule has 0 aliphatic heterocycles. The van der Waals surface area contributed by atoms with Crippen LogP contribution in [0.25, 0.3) is 10.8 Å². The van der Waals surface area contributed by atoms with Crippen molar-refractivity contribution in [1.29, 1.82) is 0 Å². The second-order valence-electron chi connectivity index (χ2n) is 5.93. The fraction of sp³-hybridized carbons (Fsp3) is 0.389. The van der Waals surface area contributed by atoms with Crippen LogP contribution in [0.2, 0.25) is 0 Å². The van der Waals surface area contributed by atoms with E-state index in [-0.39, 0.29) is 12.1 Å². The number of amides is 2. The summed E-state index contributed by atoms with van der Waals surface area (Å²) >= 11 is 0. The molecule has 2 aromatic rings. The van der Waals surface area contributed by atoms with Crippen LogP contribution in [0.4, 0.5) is 4.79 Å². The van der Waals surface area contributed by atoms with E-state index in [1.807, 2.05) is 19.1 Å². The molecule has 0 radical (unpaired) electrons. The Balaban J connectivity index is 1.65. The molecule has 0 heterocycles. The van der Waals surface area contributed by atoms with Crippen LogP contribution in [0.3, 0.4) is 0 Å². The summed E-state index contributed by atoms with van der Waals surface area (Å²) in [6, 6.07) is 14.9. The van der Waals surface area contributed by atoms with Gasteiger partial charge in [0.2, 0.25) is 0 Å². The summed E-state index contributed by atoms with van der Waals surface area (Å²) in [6.07, 6.45) is 4.67. The Morgan fingerprint density at radius 2 is 1.81 bits per heavy atom. The van der Waals surface area contributed by atoms with Crippen molar-refractivity contribution in [3.63, 3.8) is 0 Å². The highest BCUT2D eigenvalue weighted by Crippen LogP contribution is 2.21. The first-order valence-electron chi connectivity index (χ1n) is 7.78.